The predicted octanol–water partition coefficient (Wildman–Crippen LogP) is 2.67. The fourth-order valence-electron chi connectivity index (χ4n) is 3.32. The van der Waals surface area contributed by atoms with Gasteiger partial charge in [0.15, 0.2) is 11.5 Å². The number of aliphatic hydroxyl groups excluding tert-OH is 1. The van der Waals surface area contributed by atoms with E-state index in [0.717, 1.165) is 16.6 Å². The van der Waals surface area contributed by atoms with Crippen molar-refractivity contribution >= 4 is 28.6 Å². The van der Waals surface area contributed by atoms with Gasteiger partial charge in [0.05, 0.1) is 24.2 Å². The van der Waals surface area contributed by atoms with E-state index in [1.165, 1.54) is 0 Å². The maximum absolute atomic E-state index is 9.83. The molecule has 0 spiro atoms. The molecule has 10 nitrogen and oxygen atoms in total. The van der Waals surface area contributed by atoms with Gasteiger partial charge in [0.1, 0.15) is 5.82 Å². The Morgan fingerprint density at radius 1 is 1.23 bits per heavy atom. The number of hydrogen-bond acceptors (Lipinski definition) is 8. The molecular formula is C20H25N9O. The number of nitrogens with zero attached hydrogens (tertiary/aromatic N) is 6. The smallest absolute Gasteiger partial charge is 0.227 e. The van der Waals surface area contributed by atoms with Crippen molar-refractivity contribution in [2.24, 2.45) is 7.05 Å². The quantitative estimate of drug-likeness (QED) is 0.384. The first kappa shape index (κ1) is 19.8. The fourth-order valence-corrected chi connectivity index (χ4v) is 3.32. The minimum atomic E-state index is -0.394. The van der Waals surface area contributed by atoms with Crippen LogP contribution in [0, 0.1) is 0 Å². The molecule has 0 bridgehead atoms. The van der Waals surface area contributed by atoms with E-state index in [2.05, 4.69) is 61.7 Å². The van der Waals surface area contributed by atoms with Crippen LogP contribution >= 0.6 is 0 Å². The van der Waals surface area contributed by atoms with Crippen molar-refractivity contribution in [3.05, 3.63) is 48.0 Å². The highest BCUT2D eigenvalue weighted by atomic mass is 16.3. The van der Waals surface area contributed by atoms with Crippen molar-refractivity contribution in [2.45, 2.75) is 32.2 Å². The van der Waals surface area contributed by atoms with Crippen molar-refractivity contribution in [2.75, 3.05) is 17.2 Å². The van der Waals surface area contributed by atoms with Crippen LogP contribution in [0.2, 0.25) is 0 Å². The predicted molar refractivity (Wildman–Crippen MR) is 115 cm³/mol. The zero-order valence-electron chi connectivity index (χ0n) is 17.4. The Morgan fingerprint density at radius 3 is 2.73 bits per heavy atom. The van der Waals surface area contributed by atoms with E-state index in [1.807, 2.05) is 29.9 Å². The second-order valence-electron chi connectivity index (χ2n) is 8.11. The molecule has 0 saturated heterocycles. The van der Waals surface area contributed by atoms with Crippen LogP contribution in [-0.4, -0.2) is 46.6 Å². The van der Waals surface area contributed by atoms with Crippen LogP contribution in [0.25, 0.3) is 11.0 Å². The number of nitrogens with one attached hydrogen (secondary N) is 3. The molecule has 4 aromatic heterocycles. The van der Waals surface area contributed by atoms with Gasteiger partial charge in [0.25, 0.3) is 0 Å². The van der Waals surface area contributed by atoms with Crippen molar-refractivity contribution in [3.8, 4) is 0 Å². The molecule has 0 aliphatic carbocycles. The SMILES string of the molecule is Cn1nc(Nc2nc(N[C@@H](CO)c3cccnc3)nc3[nH]ncc23)cc1C(C)(C)C. The number of hydrogen-bond donors (Lipinski definition) is 4. The highest BCUT2D eigenvalue weighted by Gasteiger charge is 2.21. The molecule has 4 rings (SSSR count). The Hall–Kier alpha value is -3.53. The number of aromatic amines is 1. The Balaban J connectivity index is 1.67. The summed E-state index contributed by atoms with van der Waals surface area (Å²) in [6.07, 6.45) is 5.05. The van der Waals surface area contributed by atoms with E-state index in [0.29, 0.717) is 23.2 Å². The normalized spacial score (nSPS) is 12.8. The highest BCUT2D eigenvalue weighted by molar-refractivity contribution is 5.88. The molecule has 0 aliphatic rings. The monoisotopic (exact) mass is 407 g/mol. The first-order valence-electron chi connectivity index (χ1n) is 9.65. The van der Waals surface area contributed by atoms with Gasteiger partial charge in [-0.1, -0.05) is 26.8 Å². The molecule has 30 heavy (non-hydrogen) atoms. The van der Waals surface area contributed by atoms with E-state index in [1.54, 1.807) is 18.6 Å². The lowest BCUT2D eigenvalue weighted by molar-refractivity contribution is 0.275. The third-order valence-electron chi connectivity index (χ3n) is 4.78. The van der Waals surface area contributed by atoms with Crippen LogP contribution in [0.4, 0.5) is 17.6 Å². The topological polar surface area (TPSA) is 129 Å². The molecule has 0 amide bonds. The largest absolute Gasteiger partial charge is 0.394 e. The Labute approximate surface area is 173 Å². The lowest BCUT2D eigenvalue weighted by Crippen LogP contribution is -2.17. The van der Waals surface area contributed by atoms with Crippen LogP contribution < -0.4 is 10.6 Å². The third kappa shape index (κ3) is 3.94. The number of fused-ring (bicyclic) bond motifs is 1. The number of aryl methyl sites for hydroxylation is 1. The number of aromatic nitrogens is 7. The van der Waals surface area contributed by atoms with Crippen LogP contribution in [0.15, 0.2) is 36.8 Å². The van der Waals surface area contributed by atoms with Gasteiger partial charge in [-0.25, -0.2) is 0 Å². The second kappa shape index (κ2) is 7.71. The summed E-state index contributed by atoms with van der Waals surface area (Å²) in [5.74, 6) is 1.60. The summed E-state index contributed by atoms with van der Waals surface area (Å²) in [5.41, 5.74) is 2.47. The first-order chi connectivity index (χ1) is 14.3. The lowest BCUT2D eigenvalue weighted by Gasteiger charge is -2.17. The van der Waals surface area contributed by atoms with Gasteiger partial charge in [0.2, 0.25) is 5.95 Å². The van der Waals surface area contributed by atoms with Gasteiger partial charge in [-0.3, -0.25) is 14.8 Å². The van der Waals surface area contributed by atoms with Crippen molar-refractivity contribution in [1.82, 2.24) is 34.9 Å². The lowest BCUT2D eigenvalue weighted by atomic mass is 9.92. The van der Waals surface area contributed by atoms with Gasteiger partial charge in [-0.15, -0.1) is 0 Å². The summed E-state index contributed by atoms with van der Waals surface area (Å²) in [6, 6.07) is 5.32. The zero-order chi connectivity index (χ0) is 21.3. The number of rotatable bonds is 6. The van der Waals surface area contributed by atoms with E-state index < -0.39 is 6.04 Å². The molecule has 0 radical (unpaired) electrons. The van der Waals surface area contributed by atoms with E-state index in [-0.39, 0.29) is 12.0 Å². The minimum absolute atomic E-state index is 0.0386. The summed E-state index contributed by atoms with van der Waals surface area (Å²) in [4.78, 5) is 13.2. The number of H-pyrrole nitrogens is 1. The van der Waals surface area contributed by atoms with E-state index >= 15 is 0 Å². The van der Waals surface area contributed by atoms with Gasteiger partial charge >= 0.3 is 0 Å². The number of pyridine rings is 1. The van der Waals surface area contributed by atoms with Crippen LogP contribution in [0.5, 0.6) is 0 Å². The maximum atomic E-state index is 9.83. The standard InChI is InChI=1S/C20H25N9O/c1-20(2,3)15-8-16(28-29(15)4)24-17-13-10-22-27-18(13)26-19(25-17)23-14(11-30)12-6-5-7-21-9-12/h5-10,14,30H,11H2,1-4H3,(H3,22,23,24,25,26,27,28)/t14-/m0/s1. The molecule has 156 valence electrons. The molecule has 0 aliphatic heterocycles. The van der Waals surface area contributed by atoms with Crippen molar-refractivity contribution < 1.29 is 5.11 Å². The molecule has 4 aromatic rings. The zero-order valence-corrected chi connectivity index (χ0v) is 17.4. The third-order valence-corrected chi connectivity index (χ3v) is 4.78. The van der Waals surface area contributed by atoms with Gasteiger partial charge in [0, 0.05) is 36.6 Å². The number of aliphatic hydroxyl groups is 1. The summed E-state index contributed by atoms with van der Waals surface area (Å²) in [6.45, 7) is 6.29. The molecule has 4 heterocycles. The average molecular weight is 407 g/mol. The van der Waals surface area contributed by atoms with Crippen LogP contribution in [-0.2, 0) is 12.5 Å². The molecule has 0 aromatic carbocycles. The van der Waals surface area contributed by atoms with Crippen LogP contribution in [0.1, 0.15) is 38.1 Å². The van der Waals surface area contributed by atoms with Crippen LogP contribution in [0.3, 0.4) is 0 Å². The highest BCUT2D eigenvalue weighted by Crippen LogP contribution is 2.28. The maximum Gasteiger partial charge on any atom is 0.227 e. The fraction of sp³-hybridized carbons (Fsp3) is 0.350. The molecule has 10 heteroatoms. The Bertz CT molecular complexity index is 1140. The van der Waals surface area contributed by atoms with Crippen molar-refractivity contribution in [1.29, 1.82) is 0 Å². The second-order valence-corrected chi connectivity index (χ2v) is 8.11. The molecule has 4 N–H and O–H groups in total. The van der Waals surface area contributed by atoms with Gasteiger partial charge in [-0.2, -0.15) is 20.2 Å². The molecule has 0 fully saturated rings. The van der Waals surface area contributed by atoms with Gasteiger partial charge < -0.3 is 15.7 Å². The average Bonchev–Trinajstić information content (AvgIpc) is 3.33. The Kier molecular flexibility index (Phi) is 5.08. The summed E-state index contributed by atoms with van der Waals surface area (Å²) >= 11 is 0. The van der Waals surface area contributed by atoms with Crippen molar-refractivity contribution in [3.63, 3.8) is 0 Å². The minimum Gasteiger partial charge on any atom is -0.394 e. The number of anilines is 3. The summed E-state index contributed by atoms with van der Waals surface area (Å²) in [7, 11) is 1.92. The van der Waals surface area contributed by atoms with E-state index in [9.17, 15) is 5.11 Å². The Morgan fingerprint density at radius 2 is 2.07 bits per heavy atom. The summed E-state index contributed by atoms with van der Waals surface area (Å²) in [5, 5.41) is 28.5. The molecule has 1 atom stereocenters. The molecule has 0 unspecified atom stereocenters. The summed E-state index contributed by atoms with van der Waals surface area (Å²) < 4.78 is 1.86. The molecule has 0 saturated carbocycles. The van der Waals surface area contributed by atoms with E-state index in [4.69, 9.17) is 0 Å². The molecular weight excluding hydrogens is 382 g/mol. The van der Waals surface area contributed by atoms with Gasteiger partial charge in [-0.05, 0) is 11.6 Å². The first-order valence-corrected chi connectivity index (χ1v) is 9.65.